The molecule has 0 radical (unpaired) electrons. The molecule has 3 rings (SSSR count). The number of pyridine rings is 1. The Bertz CT molecular complexity index is 726. The van der Waals surface area contributed by atoms with Gasteiger partial charge in [-0.1, -0.05) is 19.9 Å². The van der Waals surface area contributed by atoms with E-state index in [1.807, 2.05) is 6.07 Å². The van der Waals surface area contributed by atoms with Crippen molar-refractivity contribution in [2.24, 2.45) is 5.41 Å². The van der Waals surface area contributed by atoms with E-state index < -0.39 is 10.2 Å². The molecule has 2 aliphatic rings. The molecule has 7 nitrogen and oxygen atoms in total. The third-order valence-electron chi connectivity index (χ3n) is 5.32. The summed E-state index contributed by atoms with van der Waals surface area (Å²) in [5.74, 6) is -0.00607. The van der Waals surface area contributed by atoms with Crippen molar-refractivity contribution in [1.82, 2.24) is 18.9 Å². The number of hydrogen-bond acceptors (Lipinski definition) is 4. The Labute approximate surface area is 156 Å². The lowest BCUT2D eigenvalue weighted by atomic mass is 9.83. The van der Waals surface area contributed by atoms with Crippen LogP contribution in [0.1, 0.15) is 45.1 Å². The van der Waals surface area contributed by atoms with Crippen molar-refractivity contribution in [3.05, 3.63) is 30.1 Å². The zero-order valence-electron chi connectivity index (χ0n) is 15.5. The fourth-order valence-electron chi connectivity index (χ4n) is 3.48. The standard InChI is InChI=1S/C18H28N4O3S/c1-18(2)7-10-21(11-8-18)26(24,25)22(13-15-4-3-9-19-12-15)14-16-5-6-17(23)20-16/h3-4,9,12,16H,5-8,10-11,13-14H2,1-2H3,(H,20,23)/t16-/m0/s1. The predicted octanol–water partition coefficient (Wildman–Crippen LogP) is 1.53. The van der Waals surface area contributed by atoms with Crippen LogP contribution in [-0.4, -0.2) is 53.6 Å². The summed E-state index contributed by atoms with van der Waals surface area (Å²) < 4.78 is 29.7. The number of carbonyl (C=O) groups excluding carboxylic acids is 1. The van der Waals surface area contributed by atoms with Crippen molar-refractivity contribution in [1.29, 1.82) is 0 Å². The van der Waals surface area contributed by atoms with E-state index in [1.54, 1.807) is 22.8 Å². The lowest BCUT2D eigenvalue weighted by molar-refractivity contribution is -0.119. The Kier molecular flexibility index (Phi) is 5.64. The number of piperidine rings is 1. The summed E-state index contributed by atoms with van der Waals surface area (Å²) >= 11 is 0. The molecule has 0 aromatic carbocycles. The molecular formula is C18H28N4O3S. The second-order valence-corrected chi connectivity index (χ2v) is 9.96. The molecule has 1 N–H and O–H groups in total. The van der Waals surface area contributed by atoms with Crippen LogP contribution in [0.2, 0.25) is 0 Å². The average molecular weight is 381 g/mol. The number of nitrogens with one attached hydrogen (secondary N) is 1. The molecule has 0 aliphatic carbocycles. The molecule has 2 saturated heterocycles. The maximum Gasteiger partial charge on any atom is 0.282 e. The van der Waals surface area contributed by atoms with Crippen LogP contribution in [0.4, 0.5) is 0 Å². The van der Waals surface area contributed by atoms with E-state index in [9.17, 15) is 13.2 Å². The van der Waals surface area contributed by atoms with Gasteiger partial charge in [0.25, 0.3) is 10.2 Å². The Morgan fingerprint density at radius 2 is 2.08 bits per heavy atom. The monoisotopic (exact) mass is 380 g/mol. The molecule has 1 aromatic heterocycles. The van der Waals surface area contributed by atoms with E-state index in [0.717, 1.165) is 18.4 Å². The normalized spacial score (nSPS) is 24.0. The van der Waals surface area contributed by atoms with Gasteiger partial charge in [-0.05, 0) is 36.3 Å². The van der Waals surface area contributed by atoms with Crippen molar-refractivity contribution >= 4 is 16.1 Å². The minimum absolute atomic E-state index is 0.00607. The molecule has 1 atom stereocenters. The molecule has 0 spiro atoms. The van der Waals surface area contributed by atoms with Gasteiger partial charge >= 0.3 is 0 Å². The molecular weight excluding hydrogens is 352 g/mol. The predicted molar refractivity (Wildman–Crippen MR) is 99.3 cm³/mol. The average Bonchev–Trinajstić information content (AvgIpc) is 3.00. The minimum Gasteiger partial charge on any atom is -0.352 e. The van der Waals surface area contributed by atoms with Crippen molar-refractivity contribution in [3.8, 4) is 0 Å². The largest absolute Gasteiger partial charge is 0.352 e. The molecule has 1 amide bonds. The van der Waals surface area contributed by atoms with Gasteiger partial charge in [0.05, 0.1) is 0 Å². The molecule has 0 saturated carbocycles. The molecule has 1 aromatic rings. The number of rotatable bonds is 6. The quantitative estimate of drug-likeness (QED) is 0.811. The third-order valence-corrected chi connectivity index (χ3v) is 7.27. The van der Waals surface area contributed by atoms with E-state index in [4.69, 9.17) is 0 Å². The van der Waals surface area contributed by atoms with Gasteiger partial charge in [-0.25, -0.2) is 0 Å². The molecule has 8 heteroatoms. The van der Waals surface area contributed by atoms with Gasteiger partial charge in [-0.15, -0.1) is 0 Å². The van der Waals surface area contributed by atoms with Crippen molar-refractivity contribution in [3.63, 3.8) is 0 Å². The summed E-state index contributed by atoms with van der Waals surface area (Å²) in [4.78, 5) is 15.6. The highest BCUT2D eigenvalue weighted by atomic mass is 32.2. The summed E-state index contributed by atoms with van der Waals surface area (Å²) in [6.45, 7) is 5.99. The van der Waals surface area contributed by atoms with Crippen LogP contribution >= 0.6 is 0 Å². The lowest BCUT2D eigenvalue weighted by Gasteiger charge is -2.38. The first-order valence-corrected chi connectivity index (χ1v) is 10.6. The Hall–Kier alpha value is -1.51. The Morgan fingerprint density at radius 1 is 1.35 bits per heavy atom. The zero-order valence-corrected chi connectivity index (χ0v) is 16.3. The van der Waals surface area contributed by atoms with Crippen molar-refractivity contribution in [2.75, 3.05) is 19.6 Å². The number of amides is 1. The van der Waals surface area contributed by atoms with Gasteiger partial charge in [-0.3, -0.25) is 9.78 Å². The summed E-state index contributed by atoms with van der Waals surface area (Å²) in [6.07, 6.45) is 6.20. The van der Waals surface area contributed by atoms with Crippen LogP contribution < -0.4 is 5.32 Å². The zero-order chi connectivity index (χ0) is 18.8. The van der Waals surface area contributed by atoms with Crippen LogP contribution in [0, 0.1) is 5.41 Å². The summed E-state index contributed by atoms with van der Waals surface area (Å²) in [7, 11) is -3.59. The highest BCUT2D eigenvalue weighted by Crippen LogP contribution is 2.32. The van der Waals surface area contributed by atoms with Gasteiger partial charge in [0.15, 0.2) is 0 Å². The molecule has 3 heterocycles. The Balaban J connectivity index is 1.78. The van der Waals surface area contributed by atoms with Crippen molar-refractivity contribution in [2.45, 2.75) is 52.1 Å². The second-order valence-electron chi connectivity index (χ2n) is 8.03. The molecule has 2 aliphatic heterocycles. The fraction of sp³-hybridized carbons (Fsp3) is 0.667. The number of nitrogens with zero attached hydrogens (tertiary/aromatic N) is 3. The van der Waals surface area contributed by atoms with Gasteiger partial charge in [0.2, 0.25) is 5.91 Å². The first-order chi connectivity index (χ1) is 12.3. The van der Waals surface area contributed by atoms with Crippen LogP contribution in [0.3, 0.4) is 0 Å². The fourth-order valence-corrected chi connectivity index (χ4v) is 5.13. The van der Waals surface area contributed by atoms with E-state index in [1.165, 1.54) is 4.31 Å². The van der Waals surface area contributed by atoms with E-state index in [-0.39, 0.29) is 23.9 Å². The van der Waals surface area contributed by atoms with Gasteiger partial charge in [-0.2, -0.15) is 17.0 Å². The van der Waals surface area contributed by atoms with E-state index >= 15 is 0 Å². The number of aromatic nitrogens is 1. The maximum absolute atomic E-state index is 13.3. The molecule has 2 fully saturated rings. The minimum atomic E-state index is -3.59. The third kappa shape index (κ3) is 4.61. The summed E-state index contributed by atoms with van der Waals surface area (Å²) in [5, 5.41) is 2.88. The maximum atomic E-state index is 13.3. The van der Waals surface area contributed by atoms with Crippen LogP contribution in [0.25, 0.3) is 0 Å². The number of hydrogen-bond donors (Lipinski definition) is 1. The van der Waals surface area contributed by atoms with E-state index in [0.29, 0.717) is 32.5 Å². The molecule has 0 unspecified atom stereocenters. The first-order valence-electron chi connectivity index (χ1n) is 9.20. The van der Waals surface area contributed by atoms with Crippen molar-refractivity contribution < 1.29 is 13.2 Å². The Morgan fingerprint density at radius 3 is 2.65 bits per heavy atom. The first kappa shape index (κ1) is 19.3. The topological polar surface area (TPSA) is 82.6 Å². The second kappa shape index (κ2) is 7.62. The summed E-state index contributed by atoms with van der Waals surface area (Å²) in [6, 6.07) is 3.55. The molecule has 0 bridgehead atoms. The van der Waals surface area contributed by atoms with E-state index in [2.05, 4.69) is 24.1 Å². The number of carbonyl (C=O) groups is 1. The molecule has 26 heavy (non-hydrogen) atoms. The molecule has 144 valence electrons. The van der Waals surface area contributed by atoms with Gasteiger partial charge in [0.1, 0.15) is 0 Å². The van der Waals surface area contributed by atoms with Gasteiger partial charge in [0, 0.05) is 51.0 Å². The smallest absolute Gasteiger partial charge is 0.282 e. The SMILES string of the molecule is CC1(C)CCN(S(=O)(=O)N(Cc2cccnc2)C[C@@H]2CCC(=O)N2)CC1. The highest BCUT2D eigenvalue weighted by Gasteiger charge is 2.37. The highest BCUT2D eigenvalue weighted by molar-refractivity contribution is 7.86. The van der Waals surface area contributed by atoms with Crippen LogP contribution in [0.5, 0.6) is 0 Å². The lowest BCUT2D eigenvalue weighted by Crippen LogP contribution is -2.51. The van der Waals surface area contributed by atoms with Gasteiger partial charge < -0.3 is 5.32 Å². The van der Waals surface area contributed by atoms with Crippen LogP contribution in [-0.2, 0) is 21.5 Å². The van der Waals surface area contributed by atoms with Crippen LogP contribution in [0.15, 0.2) is 24.5 Å². The summed E-state index contributed by atoms with van der Waals surface area (Å²) in [5.41, 5.74) is 1.03.